The van der Waals surface area contributed by atoms with Crippen molar-refractivity contribution in [3.63, 3.8) is 0 Å². The van der Waals surface area contributed by atoms with Crippen LogP contribution in [0.4, 0.5) is 0 Å². The summed E-state index contributed by atoms with van der Waals surface area (Å²) in [6, 6.07) is 40.5. The van der Waals surface area contributed by atoms with Crippen molar-refractivity contribution in [1.82, 2.24) is 0 Å². The Morgan fingerprint density at radius 3 is 1.63 bits per heavy atom. The number of Topliss-reactive ketones (excluding diaryl/α,β-unsaturated/α-hetero) is 1. The van der Waals surface area contributed by atoms with Crippen LogP contribution in [0.15, 0.2) is 140 Å². The Bertz CT molecular complexity index is 1600. The Labute approximate surface area is 238 Å². The number of aliphatic hydroxyl groups is 1. The first-order valence-corrected chi connectivity index (χ1v) is 12.9. The fourth-order valence-corrected chi connectivity index (χ4v) is 4.15. The lowest BCUT2D eigenvalue weighted by molar-refractivity contribution is 0.0472. The third kappa shape index (κ3) is 7.62. The smallest absolute Gasteiger partial charge is 0.338 e. The normalized spacial score (nSPS) is 11.0. The summed E-state index contributed by atoms with van der Waals surface area (Å²) in [5.41, 5.74) is 3.39. The lowest BCUT2D eigenvalue weighted by Gasteiger charge is -2.15. The van der Waals surface area contributed by atoms with Crippen LogP contribution >= 0.6 is 0 Å². The Morgan fingerprint density at radius 1 is 0.585 bits per heavy atom. The van der Waals surface area contributed by atoms with E-state index in [4.69, 9.17) is 4.74 Å². The number of hydrogen-bond acceptors (Lipinski definition) is 5. The standard InChI is InChI=1S/C21H16O4.C14H12O2/c22-19(14-8-2-1-3-9-14)20(23)17-12-6-4-10-15(17)16-11-5-7-13-18(16)21(24)25;15-14(13-9-5-2-6-10-13)16-11-12-7-3-1-4-8-12/h1-13,19,22H,(H,24,25);1-10H,11H2. The van der Waals surface area contributed by atoms with Crippen LogP contribution in [-0.2, 0) is 11.3 Å². The van der Waals surface area contributed by atoms with Gasteiger partial charge in [0.1, 0.15) is 12.7 Å². The first kappa shape index (κ1) is 28.7. The van der Waals surface area contributed by atoms with E-state index in [1.54, 1.807) is 84.9 Å². The molecule has 1 unspecified atom stereocenters. The van der Waals surface area contributed by atoms with Gasteiger partial charge in [0.05, 0.1) is 11.1 Å². The van der Waals surface area contributed by atoms with Crippen LogP contribution < -0.4 is 0 Å². The summed E-state index contributed by atoms with van der Waals surface area (Å²) in [4.78, 5) is 35.9. The van der Waals surface area contributed by atoms with E-state index in [0.717, 1.165) is 5.56 Å². The predicted molar refractivity (Wildman–Crippen MR) is 157 cm³/mol. The summed E-state index contributed by atoms with van der Waals surface area (Å²) in [7, 11) is 0. The molecule has 6 heteroatoms. The highest BCUT2D eigenvalue weighted by atomic mass is 16.5. The van der Waals surface area contributed by atoms with Crippen molar-refractivity contribution < 1.29 is 29.3 Å². The van der Waals surface area contributed by atoms with Gasteiger partial charge in [0.25, 0.3) is 0 Å². The van der Waals surface area contributed by atoms with Gasteiger partial charge in [-0.25, -0.2) is 9.59 Å². The van der Waals surface area contributed by atoms with Crippen molar-refractivity contribution in [2.45, 2.75) is 12.7 Å². The summed E-state index contributed by atoms with van der Waals surface area (Å²) in [6.07, 6.45) is -1.31. The number of carboxylic acids is 1. The molecule has 0 aromatic heterocycles. The third-order valence-corrected chi connectivity index (χ3v) is 6.23. The van der Waals surface area contributed by atoms with E-state index in [1.165, 1.54) is 6.07 Å². The van der Waals surface area contributed by atoms with E-state index < -0.39 is 17.9 Å². The lowest BCUT2D eigenvalue weighted by Crippen LogP contribution is -2.14. The number of ether oxygens (including phenoxy) is 1. The third-order valence-electron chi connectivity index (χ3n) is 6.23. The average molecular weight is 545 g/mol. The molecule has 5 aromatic carbocycles. The second kappa shape index (κ2) is 14.2. The zero-order valence-corrected chi connectivity index (χ0v) is 22.1. The van der Waals surface area contributed by atoms with Crippen molar-refractivity contribution in [2.75, 3.05) is 0 Å². The second-order valence-electron chi connectivity index (χ2n) is 9.00. The minimum atomic E-state index is -1.31. The molecular formula is C35H28O6. The maximum atomic E-state index is 12.8. The maximum absolute atomic E-state index is 12.8. The molecule has 0 spiro atoms. The van der Waals surface area contributed by atoms with Crippen LogP contribution in [0.3, 0.4) is 0 Å². The minimum Gasteiger partial charge on any atom is -0.478 e. The van der Waals surface area contributed by atoms with Crippen LogP contribution in [0.5, 0.6) is 0 Å². The first-order valence-electron chi connectivity index (χ1n) is 12.9. The number of carbonyl (C=O) groups excluding carboxylic acids is 2. The van der Waals surface area contributed by atoms with Gasteiger partial charge in [0.15, 0.2) is 5.78 Å². The molecule has 0 aliphatic carbocycles. The van der Waals surface area contributed by atoms with Gasteiger partial charge in [-0.05, 0) is 40.5 Å². The van der Waals surface area contributed by atoms with E-state index in [-0.39, 0.29) is 17.1 Å². The zero-order chi connectivity index (χ0) is 29.0. The minimum absolute atomic E-state index is 0.108. The Morgan fingerprint density at radius 2 is 1.05 bits per heavy atom. The maximum Gasteiger partial charge on any atom is 0.338 e. The van der Waals surface area contributed by atoms with Gasteiger partial charge in [-0.3, -0.25) is 4.79 Å². The summed E-state index contributed by atoms with van der Waals surface area (Å²) in [6.45, 7) is 0.314. The van der Waals surface area contributed by atoms with E-state index in [2.05, 4.69) is 0 Å². The highest BCUT2D eigenvalue weighted by Crippen LogP contribution is 2.30. The number of rotatable bonds is 8. The molecule has 5 rings (SSSR count). The quantitative estimate of drug-likeness (QED) is 0.161. The van der Waals surface area contributed by atoms with Gasteiger partial charge in [0.2, 0.25) is 0 Å². The van der Waals surface area contributed by atoms with Gasteiger partial charge in [-0.2, -0.15) is 0 Å². The number of aromatic carboxylic acids is 1. The molecule has 0 aliphatic heterocycles. The molecule has 6 nitrogen and oxygen atoms in total. The molecule has 0 amide bonds. The summed E-state index contributed by atoms with van der Waals surface area (Å²) >= 11 is 0. The highest BCUT2D eigenvalue weighted by molar-refractivity contribution is 6.07. The fraction of sp³-hybridized carbons (Fsp3) is 0.0571. The monoisotopic (exact) mass is 544 g/mol. The molecule has 0 bridgehead atoms. The van der Waals surface area contributed by atoms with E-state index >= 15 is 0 Å². The number of esters is 1. The molecule has 204 valence electrons. The van der Waals surface area contributed by atoms with Crippen LogP contribution in [-0.4, -0.2) is 27.9 Å². The molecule has 5 aromatic rings. The van der Waals surface area contributed by atoms with Gasteiger partial charge in [0, 0.05) is 5.56 Å². The molecule has 0 saturated heterocycles. The van der Waals surface area contributed by atoms with Crippen LogP contribution in [0.25, 0.3) is 11.1 Å². The number of ketones is 1. The molecule has 0 fully saturated rings. The van der Waals surface area contributed by atoms with Gasteiger partial charge < -0.3 is 14.9 Å². The van der Waals surface area contributed by atoms with Crippen molar-refractivity contribution in [3.8, 4) is 11.1 Å². The number of carbonyl (C=O) groups is 3. The molecule has 1 atom stereocenters. The van der Waals surface area contributed by atoms with E-state index in [0.29, 0.717) is 28.9 Å². The molecule has 0 aliphatic rings. The Hall–Kier alpha value is -5.33. The highest BCUT2D eigenvalue weighted by Gasteiger charge is 2.23. The molecular weight excluding hydrogens is 516 g/mol. The SMILES string of the molecule is O=C(O)c1ccccc1-c1ccccc1C(=O)C(O)c1ccccc1.O=C(OCc1ccccc1)c1ccccc1. The summed E-state index contributed by atoms with van der Waals surface area (Å²) in [5.74, 6) is -1.83. The number of aliphatic hydroxyl groups excluding tert-OH is 1. The first-order chi connectivity index (χ1) is 20.0. The molecule has 2 N–H and O–H groups in total. The van der Waals surface area contributed by atoms with E-state index in [9.17, 15) is 24.6 Å². The van der Waals surface area contributed by atoms with Crippen LogP contribution in [0.2, 0.25) is 0 Å². The Kier molecular flexibility index (Phi) is 9.91. The lowest BCUT2D eigenvalue weighted by atomic mass is 9.90. The van der Waals surface area contributed by atoms with Crippen molar-refractivity contribution >= 4 is 17.7 Å². The second-order valence-corrected chi connectivity index (χ2v) is 9.00. The largest absolute Gasteiger partial charge is 0.478 e. The average Bonchev–Trinajstić information content (AvgIpc) is 3.04. The molecule has 0 saturated carbocycles. The van der Waals surface area contributed by atoms with Crippen LogP contribution in [0, 0.1) is 0 Å². The molecule has 0 radical (unpaired) electrons. The number of benzene rings is 5. The van der Waals surface area contributed by atoms with Crippen molar-refractivity contribution in [1.29, 1.82) is 0 Å². The van der Waals surface area contributed by atoms with Crippen molar-refractivity contribution in [3.05, 3.63) is 167 Å². The zero-order valence-electron chi connectivity index (χ0n) is 22.1. The van der Waals surface area contributed by atoms with Gasteiger partial charge in [-0.1, -0.05) is 121 Å². The predicted octanol–water partition coefficient (Wildman–Crippen LogP) is 7.01. The molecule has 41 heavy (non-hydrogen) atoms. The summed E-state index contributed by atoms with van der Waals surface area (Å²) < 4.78 is 5.18. The molecule has 0 heterocycles. The summed E-state index contributed by atoms with van der Waals surface area (Å²) in [5, 5.41) is 19.8. The van der Waals surface area contributed by atoms with E-state index in [1.807, 2.05) is 48.5 Å². The number of hydrogen-bond donors (Lipinski definition) is 2. The number of carboxylic acid groups (broad SMARTS) is 1. The topological polar surface area (TPSA) is 101 Å². The van der Waals surface area contributed by atoms with Gasteiger partial charge in [-0.15, -0.1) is 0 Å². The Balaban J connectivity index is 0.000000208. The fourth-order valence-electron chi connectivity index (χ4n) is 4.15. The van der Waals surface area contributed by atoms with Crippen LogP contribution in [0.1, 0.15) is 48.3 Å². The van der Waals surface area contributed by atoms with Gasteiger partial charge >= 0.3 is 11.9 Å². The van der Waals surface area contributed by atoms with Crippen molar-refractivity contribution in [2.24, 2.45) is 0 Å².